The van der Waals surface area contributed by atoms with Gasteiger partial charge in [0.15, 0.2) is 0 Å². The first-order valence-electron chi connectivity index (χ1n) is 7.56. The molecule has 0 aromatic carbocycles. The Bertz CT molecular complexity index is 761. The number of methoxy groups -OCH3 is 4. The van der Waals surface area contributed by atoms with Crippen LogP contribution in [0.3, 0.4) is 0 Å². The molecule has 1 aliphatic heterocycles. The molecule has 0 N–H and O–H groups in total. The van der Waals surface area contributed by atoms with E-state index in [0.717, 1.165) is 28.4 Å². The third-order valence-corrected chi connectivity index (χ3v) is 4.28. The summed E-state index contributed by atoms with van der Waals surface area (Å²) >= 11 is 0. The highest BCUT2D eigenvalue weighted by molar-refractivity contribution is 6.11. The van der Waals surface area contributed by atoms with Crippen LogP contribution in [0.25, 0.3) is 0 Å². The molecule has 0 saturated heterocycles. The van der Waals surface area contributed by atoms with Crippen molar-refractivity contribution < 1.29 is 38.1 Å². The van der Waals surface area contributed by atoms with Crippen LogP contribution in [0.15, 0.2) is 34.7 Å². The Labute approximate surface area is 149 Å². The first-order chi connectivity index (χ1) is 12.3. The molecule has 0 bridgehead atoms. The summed E-state index contributed by atoms with van der Waals surface area (Å²) in [6.07, 6.45) is 3.22. The number of allylic oxidation sites excluding steroid dienone is 1. The molecule has 26 heavy (non-hydrogen) atoms. The fraction of sp³-hybridized carbons (Fsp3) is 0.412. The van der Waals surface area contributed by atoms with Gasteiger partial charge in [-0.05, 0) is 0 Å². The van der Waals surface area contributed by atoms with Crippen LogP contribution in [-0.4, -0.2) is 64.3 Å². The zero-order chi connectivity index (χ0) is 19.6. The van der Waals surface area contributed by atoms with Crippen molar-refractivity contribution in [2.75, 3.05) is 35.5 Å². The van der Waals surface area contributed by atoms with Crippen LogP contribution in [0, 0.1) is 11.8 Å². The van der Waals surface area contributed by atoms with E-state index in [0.29, 0.717) is 5.70 Å². The first kappa shape index (κ1) is 19.2. The monoisotopic (exact) mass is 365 g/mol. The van der Waals surface area contributed by atoms with Crippen molar-refractivity contribution in [2.45, 2.75) is 0 Å². The molecule has 9 heteroatoms. The Hall–Kier alpha value is -3.10. The van der Waals surface area contributed by atoms with E-state index in [9.17, 15) is 19.2 Å². The third-order valence-electron chi connectivity index (χ3n) is 4.28. The van der Waals surface area contributed by atoms with Gasteiger partial charge in [0.2, 0.25) is 0 Å². The van der Waals surface area contributed by atoms with Crippen LogP contribution in [0.5, 0.6) is 0 Å². The quantitative estimate of drug-likeness (QED) is 0.500. The molecule has 2 aliphatic rings. The van der Waals surface area contributed by atoms with E-state index in [1.807, 2.05) is 0 Å². The fourth-order valence-electron chi connectivity index (χ4n) is 3.18. The largest absolute Gasteiger partial charge is 0.468 e. The van der Waals surface area contributed by atoms with E-state index in [1.165, 1.54) is 0 Å². The molecular formula is C17H19NO8. The minimum atomic E-state index is -1.48. The zero-order valence-electron chi connectivity index (χ0n) is 15.0. The van der Waals surface area contributed by atoms with Gasteiger partial charge in [0.05, 0.1) is 51.1 Å². The lowest BCUT2D eigenvalue weighted by Crippen LogP contribution is -2.39. The molecule has 0 aromatic heterocycles. The number of ether oxygens (including phenoxy) is 4. The summed E-state index contributed by atoms with van der Waals surface area (Å²) < 4.78 is 19.1. The number of hydrogen-bond donors (Lipinski definition) is 0. The molecular weight excluding hydrogens is 346 g/mol. The van der Waals surface area contributed by atoms with Crippen LogP contribution in [0.4, 0.5) is 0 Å². The lowest BCUT2D eigenvalue weighted by atomic mass is 9.75. The fourth-order valence-corrected chi connectivity index (χ4v) is 3.18. The average molecular weight is 365 g/mol. The van der Waals surface area contributed by atoms with Gasteiger partial charge in [0.1, 0.15) is 5.92 Å². The van der Waals surface area contributed by atoms with Crippen molar-refractivity contribution in [3.63, 3.8) is 0 Å². The van der Waals surface area contributed by atoms with E-state index in [-0.39, 0.29) is 16.7 Å². The molecule has 140 valence electrons. The van der Waals surface area contributed by atoms with Gasteiger partial charge in [-0.15, -0.1) is 0 Å². The highest BCUT2D eigenvalue weighted by Crippen LogP contribution is 2.45. The van der Waals surface area contributed by atoms with E-state index < -0.39 is 35.7 Å². The summed E-state index contributed by atoms with van der Waals surface area (Å²) in [6.45, 7) is 0. The standard InChI is InChI=1S/C17H19NO8/c1-18-7-6-8-9(14(19)23-2)10(15(20)24-3)11(16(21)25-4)12(13(8)18)17(22)26-5/h6-8,11H,1-5H3/t8-,11+/m0/s1. The number of nitrogens with zero attached hydrogens (tertiary/aromatic N) is 1. The maximum atomic E-state index is 12.5. The summed E-state index contributed by atoms with van der Waals surface area (Å²) in [5, 5.41) is 0. The van der Waals surface area contributed by atoms with Crippen LogP contribution in [0.2, 0.25) is 0 Å². The number of hydrogen-bond acceptors (Lipinski definition) is 9. The molecule has 0 saturated carbocycles. The molecule has 0 unspecified atom stereocenters. The lowest BCUT2D eigenvalue weighted by Gasteiger charge is -2.32. The molecule has 1 heterocycles. The molecule has 0 amide bonds. The topological polar surface area (TPSA) is 108 Å². The highest BCUT2D eigenvalue weighted by Gasteiger charge is 2.50. The normalized spacial score (nSPS) is 21.3. The summed E-state index contributed by atoms with van der Waals surface area (Å²) in [6, 6.07) is 0. The van der Waals surface area contributed by atoms with Crippen LogP contribution >= 0.6 is 0 Å². The predicted molar refractivity (Wildman–Crippen MR) is 86.0 cm³/mol. The molecule has 0 aromatic rings. The summed E-state index contributed by atoms with van der Waals surface area (Å²) in [5.74, 6) is -5.73. The van der Waals surface area contributed by atoms with Gasteiger partial charge in [-0.2, -0.15) is 0 Å². The Morgan fingerprint density at radius 3 is 1.81 bits per heavy atom. The lowest BCUT2D eigenvalue weighted by molar-refractivity contribution is -0.149. The number of carbonyl (C=O) groups excluding carboxylic acids is 4. The second-order valence-electron chi connectivity index (χ2n) is 5.49. The summed E-state index contributed by atoms with van der Waals surface area (Å²) in [5.41, 5.74) is -0.150. The van der Waals surface area contributed by atoms with Crippen molar-refractivity contribution in [2.24, 2.45) is 11.8 Å². The molecule has 9 nitrogen and oxygen atoms in total. The summed E-state index contributed by atoms with van der Waals surface area (Å²) in [7, 11) is 6.16. The molecule has 1 aliphatic carbocycles. The van der Waals surface area contributed by atoms with Gasteiger partial charge in [0, 0.05) is 18.9 Å². The van der Waals surface area contributed by atoms with Crippen molar-refractivity contribution in [1.29, 1.82) is 0 Å². The number of rotatable bonds is 4. The Morgan fingerprint density at radius 1 is 0.808 bits per heavy atom. The van der Waals surface area contributed by atoms with Gasteiger partial charge in [-0.25, -0.2) is 14.4 Å². The number of esters is 4. The number of fused-ring (bicyclic) bond motifs is 1. The maximum Gasteiger partial charge on any atom is 0.336 e. The SMILES string of the molecule is COC(=O)C1=C(C(=O)OC)[C@@H](C(=O)OC)C(C(=O)OC)=C2[C@H]1C=CN2C. The maximum absolute atomic E-state index is 12.5. The number of carbonyl (C=O) groups is 4. The minimum absolute atomic E-state index is 0.0852. The minimum Gasteiger partial charge on any atom is -0.468 e. The predicted octanol–water partition coefficient (Wildman–Crippen LogP) is -0.0658. The van der Waals surface area contributed by atoms with Crippen LogP contribution < -0.4 is 0 Å². The second kappa shape index (κ2) is 7.42. The van der Waals surface area contributed by atoms with Crippen molar-refractivity contribution >= 4 is 23.9 Å². The van der Waals surface area contributed by atoms with Gasteiger partial charge < -0.3 is 23.8 Å². The van der Waals surface area contributed by atoms with Crippen molar-refractivity contribution in [3.05, 3.63) is 34.7 Å². The van der Waals surface area contributed by atoms with Crippen LogP contribution in [-0.2, 0) is 38.1 Å². The zero-order valence-corrected chi connectivity index (χ0v) is 15.0. The van der Waals surface area contributed by atoms with E-state index in [2.05, 4.69) is 0 Å². The first-order valence-corrected chi connectivity index (χ1v) is 7.56. The highest BCUT2D eigenvalue weighted by atomic mass is 16.5. The van der Waals surface area contributed by atoms with Crippen molar-refractivity contribution in [1.82, 2.24) is 4.90 Å². The van der Waals surface area contributed by atoms with E-state index in [4.69, 9.17) is 18.9 Å². The average Bonchev–Trinajstić information content (AvgIpc) is 3.04. The van der Waals surface area contributed by atoms with Gasteiger partial charge in [-0.3, -0.25) is 4.79 Å². The van der Waals surface area contributed by atoms with Crippen LogP contribution in [0.1, 0.15) is 0 Å². The summed E-state index contributed by atoms with van der Waals surface area (Å²) in [4.78, 5) is 51.4. The molecule has 0 fully saturated rings. The van der Waals surface area contributed by atoms with E-state index >= 15 is 0 Å². The molecule has 2 rings (SSSR count). The molecule has 0 radical (unpaired) electrons. The van der Waals surface area contributed by atoms with Gasteiger partial charge in [0.25, 0.3) is 0 Å². The second-order valence-corrected chi connectivity index (χ2v) is 5.49. The smallest absolute Gasteiger partial charge is 0.336 e. The van der Waals surface area contributed by atoms with Gasteiger partial charge >= 0.3 is 23.9 Å². The van der Waals surface area contributed by atoms with Crippen molar-refractivity contribution in [3.8, 4) is 0 Å². The Morgan fingerprint density at radius 2 is 1.31 bits per heavy atom. The Kier molecular flexibility index (Phi) is 5.49. The molecule has 2 atom stereocenters. The van der Waals surface area contributed by atoms with Gasteiger partial charge in [-0.1, -0.05) is 6.08 Å². The Balaban J connectivity index is 2.88. The van der Waals surface area contributed by atoms with E-state index in [1.54, 1.807) is 24.2 Å². The third kappa shape index (κ3) is 2.85. The molecule has 0 spiro atoms.